The molecule has 1 aliphatic heterocycles. The maximum Gasteiger partial charge on any atom is 0.414 e. The largest absolute Gasteiger partial charge is 0.443 e. The lowest BCUT2D eigenvalue weighted by Gasteiger charge is -2.28. The average molecular weight is 506 g/mol. The molecule has 3 aromatic rings. The third-order valence-electron chi connectivity index (χ3n) is 5.19. The van der Waals surface area contributed by atoms with Gasteiger partial charge in [0.25, 0.3) is 4.21 Å². The number of H-pyrrole nitrogens is 1. The summed E-state index contributed by atoms with van der Waals surface area (Å²) in [6.45, 7) is 5.94. The lowest BCUT2D eigenvalue weighted by atomic mass is 10.0. The van der Waals surface area contributed by atoms with Crippen LogP contribution in [0.5, 0.6) is 0 Å². The number of fused-ring (bicyclic) bond motifs is 1. The standard InChI is InChI=1S/C23H28N4O5S2/c1-23(2,3)32-22(29)27-11-4-5-15(14-27)18-13-17-16(8-9-24-21(17)26-18)19-6-7-20(33-19)34(30,31)25-10-12-28/h6-9,13-14,28H,4-5,10-12H2,1-3H3,(H2-,24,25,26,30,31)/p+1. The molecule has 9 nitrogen and oxygen atoms in total. The van der Waals surface area contributed by atoms with Crippen molar-refractivity contribution in [3.05, 3.63) is 42.4 Å². The summed E-state index contributed by atoms with van der Waals surface area (Å²) >= 11 is 1.22. The molecule has 1 aliphatic rings. The first-order valence-corrected chi connectivity index (χ1v) is 13.3. The van der Waals surface area contributed by atoms with Gasteiger partial charge in [0.1, 0.15) is 11.2 Å². The van der Waals surface area contributed by atoms with Crippen LogP contribution in [0.1, 0.15) is 39.3 Å². The minimum atomic E-state index is -3.43. The van der Waals surface area contributed by atoms with Crippen molar-refractivity contribution in [1.82, 2.24) is 19.6 Å². The molecule has 3 aromatic heterocycles. The molecule has 4 N–H and O–H groups in total. The Morgan fingerprint density at radius 2 is 2.15 bits per heavy atom. The number of thiophene rings is 1. The van der Waals surface area contributed by atoms with Gasteiger partial charge in [0.2, 0.25) is 0 Å². The number of ether oxygens (including phenoxy) is 1. The van der Waals surface area contributed by atoms with Crippen LogP contribution < -0.4 is 4.72 Å². The number of aromatic nitrogens is 2. The molecule has 0 fully saturated rings. The number of aliphatic hydroxyl groups excluding tert-OH is 1. The maximum absolute atomic E-state index is 12.5. The Labute approximate surface area is 203 Å². The highest BCUT2D eigenvalue weighted by atomic mass is 32.3. The van der Waals surface area contributed by atoms with Crippen LogP contribution in [-0.4, -0.2) is 55.9 Å². The molecule has 0 spiro atoms. The first kappa shape index (κ1) is 24.6. The number of aliphatic hydroxyl groups is 1. The number of hydrogen-bond donors (Lipinski definition) is 4. The summed E-state index contributed by atoms with van der Waals surface area (Å²) in [7, 11) is -3.43. The van der Waals surface area contributed by atoms with E-state index in [1.54, 1.807) is 17.2 Å². The number of nitrogens with zero attached hydrogens (tertiary/aromatic N) is 2. The molecule has 0 aromatic carbocycles. The molecule has 0 saturated carbocycles. The van der Waals surface area contributed by atoms with E-state index in [1.807, 2.05) is 45.2 Å². The van der Waals surface area contributed by atoms with E-state index in [9.17, 15) is 13.6 Å². The number of rotatable bonds is 6. The topological polar surface area (TPSA) is 128 Å². The predicted molar refractivity (Wildman–Crippen MR) is 134 cm³/mol. The van der Waals surface area contributed by atoms with Crippen LogP contribution in [0.4, 0.5) is 4.79 Å². The number of carbonyl (C=O) groups excluding carboxylic acids is 1. The number of carbonyl (C=O) groups is 1. The van der Waals surface area contributed by atoms with Crippen molar-refractivity contribution in [2.24, 2.45) is 0 Å². The fraction of sp³-hybridized carbons (Fsp3) is 0.391. The second-order valence-electron chi connectivity index (χ2n) is 9.00. The molecule has 0 bridgehead atoms. The second-order valence-corrected chi connectivity index (χ2v) is 12.1. The Morgan fingerprint density at radius 1 is 1.35 bits per heavy atom. The third kappa shape index (κ3) is 5.39. The average Bonchev–Trinajstić information content (AvgIpc) is 3.44. The van der Waals surface area contributed by atoms with E-state index in [1.165, 1.54) is 11.3 Å². The van der Waals surface area contributed by atoms with Gasteiger partial charge in [-0.2, -0.15) is 4.55 Å². The van der Waals surface area contributed by atoms with Crippen molar-refractivity contribution in [2.75, 3.05) is 19.7 Å². The molecule has 182 valence electrons. The lowest BCUT2D eigenvalue weighted by Crippen LogP contribution is -2.35. The number of amides is 1. The molecular weight excluding hydrogens is 476 g/mol. The SMILES string of the molecule is CC(C)(C)OC(=O)N1C=C(c2cc3c(-c4ccc([S+](=O)(O)NCCO)s4)ccnc3[nH]2)CCC1. The zero-order valence-electron chi connectivity index (χ0n) is 19.3. The molecular formula is C23H29N4O5S2+. The maximum atomic E-state index is 12.5. The highest BCUT2D eigenvalue weighted by Crippen LogP contribution is 2.37. The Kier molecular flexibility index (Phi) is 6.92. The van der Waals surface area contributed by atoms with Crippen LogP contribution in [0.3, 0.4) is 0 Å². The normalized spacial score (nSPS) is 16.4. The first-order valence-electron chi connectivity index (χ1n) is 11.0. The number of nitrogens with one attached hydrogen (secondary N) is 2. The van der Waals surface area contributed by atoms with Gasteiger partial charge in [-0.25, -0.2) is 9.78 Å². The number of hydrogen-bond acceptors (Lipinski definition) is 6. The molecule has 34 heavy (non-hydrogen) atoms. The Morgan fingerprint density at radius 3 is 2.88 bits per heavy atom. The van der Waals surface area contributed by atoms with E-state index in [2.05, 4.69) is 14.7 Å². The minimum absolute atomic E-state index is 0.0265. The van der Waals surface area contributed by atoms with Gasteiger partial charge in [-0.3, -0.25) is 4.90 Å². The summed E-state index contributed by atoms with van der Waals surface area (Å²) in [5, 5.41) is 9.83. The Balaban J connectivity index is 1.64. The number of aromatic amines is 1. The van der Waals surface area contributed by atoms with Crippen molar-refractivity contribution < 1.29 is 23.4 Å². The summed E-state index contributed by atoms with van der Waals surface area (Å²) < 4.78 is 31.0. The molecule has 1 atom stereocenters. The lowest BCUT2D eigenvalue weighted by molar-refractivity contribution is 0.0329. The molecule has 1 unspecified atom stereocenters. The second kappa shape index (κ2) is 9.59. The molecule has 0 aliphatic carbocycles. The third-order valence-corrected chi connectivity index (χ3v) is 8.31. The minimum Gasteiger partial charge on any atom is -0.443 e. The van der Waals surface area contributed by atoms with Crippen LogP contribution in [0, 0.1) is 0 Å². The van der Waals surface area contributed by atoms with E-state index in [4.69, 9.17) is 9.84 Å². The zero-order chi connectivity index (χ0) is 24.5. The molecule has 1 amide bonds. The van der Waals surface area contributed by atoms with Crippen molar-refractivity contribution in [2.45, 2.75) is 43.4 Å². The van der Waals surface area contributed by atoms with Crippen molar-refractivity contribution in [3.8, 4) is 10.4 Å². The first-order chi connectivity index (χ1) is 16.1. The van der Waals surface area contributed by atoms with Gasteiger partial charge in [-0.1, -0.05) is 11.3 Å². The van der Waals surface area contributed by atoms with Crippen LogP contribution in [0.25, 0.3) is 27.0 Å². The van der Waals surface area contributed by atoms with E-state index in [0.29, 0.717) is 16.4 Å². The molecule has 11 heteroatoms. The Hall–Kier alpha value is -2.57. The van der Waals surface area contributed by atoms with E-state index >= 15 is 0 Å². The van der Waals surface area contributed by atoms with Crippen LogP contribution in [0.2, 0.25) is 0 Å². The monoisotopic (exact) mass is 505 g/mol. The van der Waals surface area contributed by atoms with Crippen LogP contribution >= 0.6 is 11.3 Å². The van der Waals surface area contributed by atoms with E-state index < -0.39 is 16.0 Å². The molecule has 0 saturated heterocycles. The smallest absolute Gasteiger partial charge is 0.414 e. The summed E-state index contributed by atoms with van der Waals surface area (Å²) in [5.74, 6) is 0. The van der Waals surface area contributed by atoms with Gasteiger partial charge in [-0.15, -0.1) is 4.72 Å². The van der Waals surface area contributed by atoms with Gasteiger partial charge < -0.3 is 14.8 Å². The quantitative estimate of drug-likeness (QED) is 0.366. The Bertz CT molecular complexity index is 1270. The summed E-state index contributed by atoms with van der Waals surface area (Å²) in [4.78, 5) is 22.8. The molecule has 4 heterocycles. The van der Waals surface area contributed by atoms with E-state index in [-0.39, 0.29) is 19.2 Å². The van der Waals surface area contributed by atoms with Gasteiger partial charge in [0.15, 0.2) is 0 Å². The molecule has 0 radical (unpaired) electrons. The predicted octanol–water partition coefficient (Wildman–Crippen LogP) is 4.49. The number of allylic oxidation sites excluding steroid dienone is 1. The van der Waals surface area contributed by atoms with Gasteiger partial charge in [-0.05, 0) is 61.6 Å². The van der Waals surface area contributed by atoms with E-state index in [0.717, 1.165) is 39.9 Å². The van der Waals surface area contributed by atoms with Crippen LogP contribution in [-0.2, 0) is 19.3 Å². The van der Waals surface area contributed by atoms with Gasteiger partial charge in [0, 0.05) is 46.5 Å². The van der Waals surface area contributed by atoms with Crippen molar-refractivity contribution >= 4 is 44.4 Å². The van der Waals surface area contributed by atoms with Crippen molar-refractivity contribution in [3.63, 3.8) is 0 Å². The van der Waals surface area contributed by atoms with Gasteiger partial charge >= 0.3 is 16.5 Å². The van der Waals surface area contributed by atoms with Gasteiger partial charge in [0.05, 0.1) is 13.2 Å². The highest BCUT2D eigenvalue weighted by molar-refractivity contribution is 7.97. The fourth-order valence-corrected chi connectivity index (χ4v) is 6.15. The zero-order valence-corrected chi connectivity index (χ0v) is 21.0. The summed E-state index contributed by atoms with van der Waals surface area (Å²) in [5.41, 5.74) is 2.88. The highest BCUT2D eigenvalue weighted by Gasteiger charge is 2.31. The van der Waals surface area contributed by atoms with Crippen molar-refractivity contribution in [1.29, 1.82) is 0 Å². The fourth-order valence-electron chi connectivity index (χ4n) is 3.71. The number of pyridine rings is 1. The summed E-state index contributed by atoms with van der Waals surface area (Å²) in [6, 6.07) is 7.30. The summed E-state index contributed by atoms with van der Waals surface area (Å²) in [6.07, 6.45) is 4.79. The molecule has 4 rings (SSSR count). The van der Waals surface area contributed by atoms with Crippen LogP contribution in [0.15, 0.2) is 40.9 Å².